The van der Waals surface area contributed by atoms with Gasteiger partial charge in [0.05, 0.1) is 11.3 Å². The number of hydrogen-bond donors (Lipinski definition) is 1. The van der Waals surface area contributed by atoms with E-state index < -0.39 is 0 Å². The Hall–Kier alpha value is -1.91. The Bertz CT molecular complexity index is 635. The molecular formula is C16H25N5. The van der Waals surface area contributed by atoms with E-state index in [1.807, 2.05) is 24.0 Å². The first-order valence-electron chi connectivity index (χ1n) is 7.34. The molecule has 21 heavy (non-hydrogen) atoms. The summed E-state index contributed by atoms with van der Waals surface area (Å²) in [6.45, 7) is 10.8. The Morgan fingerprint density at radius 2 is 1.90 bits per heavy atom. The lowest BCUT2D eigenvalue weighted by Crippen LogP contribution is -2.14. The Labute approximate surface area is 126 Å². The SMILES string of the molecule is CC(C)Cc1cc(N)nc(-c2cn(C)nc2C(C)(C)C)n1. The average molecular weight is 287 g/mol. The van der Waals surface area contributed by atoms with Gasteiger partial charge in [0, 0.05) is 30.4 Å². The Kier molecular flexibility index (Phi) is 4.03. The minimum atomic E-state index is -0.0667. The van der Waals surface area contributed by atoms with E-state index in [1.165, 1.54) is 0 Å². The van der Waals surface area contributed by atoms with Crippen LogP contribution in [0.4, 0.5) is 5.82 Å². The maximum atomic E-state index is 5.96. The van der Waals surface area contributed by atoms with Crippen LogP contribution in [0.15, 0.2) is 12.3 Å². The summed E-state index contributed by atoms with van der Waals surface area (Å²) < 4.78 is 1.81. The number of nitrogens with two attached hydrogens (primary N) is 1. The molecule has 0 aromatic carbocycles. The number of nitrogen functional groups attached to an aromatic ring is 1. The Balaban J connectivity index is 2.54. The molecule has 2 N–H and O–H groups in total. The molecule has 5 nitrogen and oxygen atoms in total. The fourth-order valence-corrected chi connectivity index (χ4v) is 2.37. The molecule has 5 heteroatoms. The minimum absolute atomic E-state index is 0.0667. The molecule has 0 bridgehead atoms. The molecule has 0 saturated carbocycles. The van der Waals surface area contributed by atoms with Crippen LogP contribution in [0.25, 0.3) is 11.4 Å². The van der Waals surface area contributed by atoms with Crippen molar-refractivity contribution in [3.63, 3.8) is 0 Å². The van der Waals surface area contributed by atoms with Crippen molar-refractivity contribution < 1.29 is 0 Å². The second-order valence-electron chi connectivity index (χ2n) is 7.02. The van der Waals surface area contributed by atoms with Crippen LogP contribution >= 0.6 is 0 Å². The topological polar surface area (TPSA) is 69.6 Å². The molecule has 2 aromatic rings. The van der Waals surface area contributed by atoms with Gasteiger partial charge >= 0.3 is 0 Å². The monoisotopic (exact) mass is 287 g/mol. The van der Waals surface area contributed by atoms with Gasteiger partial charge in [0.15, 0.2) is 5.82 Å². The molecule has 0 aliphatic heterocycles. The van der Waals surface area contributed by atoms with Crippen LogP contribution in [-0.4, -0.2) is 19.7 Å². The van der Waals surface area contributed by atoms with Gasteiger partial charge in [-0.2, -0.15) is 5.10 Å². The highest BCUT2D eigenvalue weighted by atomic mass is 15.3. The number of nitrogens with zero attached hydrogens (tertiary/aromatic N) is 4. The van der Waals surface area contributed by atoms with Gasteiger partial charge < -0.3 is 5.73 Å². The van der Waals surface area contributed by atoms with Crippen LogP contribution < -0.4 is 5.73 Å². The fraction of sp³-hybridized carbons (Fsp3) is 0.562. The second kappa shape index (κ2) is 5.47. The zero-order valence-corrected chi connectivity index (χ0v) is 13.8. The first-order valence-corrected chi connectivity index (χ1v) is 7.34. The maximum absolute atomic E-state index is 5.96. The van der Waals surface area contributed by atoms with Crippen LogP contribution in [0.3, 0.4) is 0 Å². The molecular weight excluding hydrogens is 262 g/mol. The van der Waals surface area contributed by atoms with Crippen LogP contribution in [0.1, 0.15) is 46.0 Å². The molecule has 0 atom stereocenters. The summed E-state index contributed by atoms with van der Waals surface area (Å²) in [6.07, 6.45) is 2.86. The lowest BCUT2D eigenvalue weighted by molar-refractivity contribution is 0.554. The van der Waals surface area contributed by atoms with Crippen LogP contribution in [0.2, 0.25) is 0 Å². The van der Waals surface area contributed by atoms with Gasteiger partial charge in [0.1, 0.15) is 5.82 Å². The van der Waals surface area contributed by atoms with E-state index >= 15 is 0 Å². The van der Waals surface area contributed by atoms with Crippen LogP contribution in [-0.2, 0) is 18.9 Å². The number of aryl methyl sites for hydroxylation is 1. The van der Waals surface area contributed by atoms with Gasteiger partial charge in [0.25, 0.3) is 0 Å². The van der Waals surface area contributed by atoms with E-state index in [0.29, 0.717) is 17.6 Å². The molecule has 2 heterocycles. The zero-order chi connectivity index (χ0) is 15.8. The normalized spacial score (nSPS) is 12.1. The third-order valence-corrected chi connectivity index (χ3v) is 3.20. The quantitative estimate of drug-likeness (QED) is 0.942. The lowest BCUT2D eigenvalue weighted by Gasteiger charge is -2.17. The number of aromatic nitrogens is 4. The number of anilines is 1. The van der Waals surface area contributed by atoms with Crippen LogP contribution in [0.5, 0.6) is 0 Å². The van der Waals surface area contributed by atoms with Crippen molar-refractivity contribution in [2.24, 2.45) is 13.0 Å². The van der Waals surface area contributed by atoms with Crippen molar-refractivity contribution >= 4 is 5.82 Å². The highest BCUT2D eigenvalue weighted by molar-refractivity contribution is 5.60. The van der Waals surface area contributed by atoms with E-state index in [0.717, 1.165) is 23.4 Å². The lowest BCUT2D eigenvalue weighted by atomic mass is 9.89. The molecule has 2 rings (SSSR count). The summed E-state index contributed by atoms with van der Waals surface area (Å²) in [5.41, 5.74) is 8.83. The number of hydrogen-bond acceptors (Lipinski definition) is 4. The van der Waals surface area contributed by atoms with E-state index in [-0.39, 0.29) is 5.41 Å². The largest absolute Gasteiger partial charge is 0.384 e. The maximum Gasteiger partial charge on any atom is 0.165 e. The summed E-state index contributed by atoms with van der Waals surface area (Å²) in [5, 5.41) is 4.57. The van der Waals surface area contributed by atoms with E-state index in [2.05, 4.69) is 49.7 Å². The smallest absolute Gasteiger partial charge is 0.165 e. The third-order valence-electron chi connectivity index (χ3n) is 3.20. The highest BCUT2D eigenvalue weighted by Crippen LogP contribution is 2.30. The summed E-state index contributed by atoms with van der Waals surface area (Å²) in [4.78, 5) is 9.10. The summed E-state index contributed by atoms with van der Waals surface area (Å²) in [5.74, 6) is 1.71. The minimum Gasteiger partial charge on any atom is -0.384 e. The molecule has 0 unspecified atom stereocenters. The summed E-state index contributed by atoms with van der Waals surface area (Å²) in [6, 6.07) is 1.86. The zero-order valence-electron chi connectivity index (χ0n) is 13.8. The van der Waals surface area contributed by atoms with Gasteiger partial charge in [-0.15, -0.1) is 0 Å². The van der Waals surface area contributed by atoms with Crippen molar-refractivity contribution in [1.82, 2.24) is 19.7 Å². The first-order chi connectivity index (χ1) is 9.66. The van der Waals surface area contributed by atoms with Gasteiger partial charge in [-0.1, -0.05) is 34.6 Å². The summed E-state index contributed by atoms with van der Waals surface area (Å²) in [7, 11) is 1.92. The predicted molar refractivity (Wildman–Crippen MR) is 85.9 cm³/mol. The van der Waals surface area contributed by atoms with Gasteiger partial charge in [0.2, 0.25) is 0 Å². The Morgan fingerprint density at radius 1 is 1.24 bits per heavy atom. The first kappa shape index (κ1) is 15.5. The van der Waals surface area contributed by atoms with E-state index in [1.54, 1.807) is 0 Å². The second-order valence-corrected chi connectivity index (χ2v) is 7.02. The Morgan fingerprint density at radius 3 is 2.48 bits per heavy atom. The molecule has 0 amide bonds. The third kappa shape index (κ3) is 3.60. The van der Waals surface area contributed by atoms with E-state index in [9.17, 15) is 0 Å². The van der Waals surface area contributed by atoms with E-state index in [4.69, 9.17) is 5.73 Å². The average Bonchev–Trinajstić information content (AvgIpc) is 2.69. The van der Waals surface area contributed by atoms with Crippen LogP contribution in [0, 0.1) is 5.92 Å². The molecule has 0 fully saturated rings. The molecule has 0 aliphatic rings. The van der Waals surface area contributed by atoms with Crippen molar-refractivity contribution in [2.75, 3.05) is 5.73 Å². The van der Waals surface area contributed by atoms with Gasteiger partial charge in [-0.05, 0) is 12.3 Å². The summed E-state index contributed by atoms with van der Waals surface area (Å²) >= 11 is 0. The van der Waals surface area contributed by atoms with Gasteiger partial charge in [-0.3, -0.25) is 4.68 Å². The molecule has 0 aliphatic carbocycles. The van der Waals surface area contributed by atoms with Crippen molar-refractivity contribution in [1.29, 1.82) is 0 Å². The standard InChI is InChI=1S/C16H25N5/c1-10(2)7-11-8-13(17)19-15(18-11)12-9-21(6)20-14(12)16(3,4)5/h8-10H,7H2,1-6H3,(H2,17,18,19). The van der Waals surface area contributed by atoms with Crippen molar-refractivity contribution in [3.8, 4) is 11.4 Å². The molecule has 2 aromatic heterocycles. The number of rotatable bonds is 3. The predicted octanol–water partition coefficient (Wildman–Crippen LogP) is 2.96. The fourth-order valence-electron chi connectivity index (χ4n) is 2.37. The highest BCUT2D eigenvalue weighted by Gasteiger charge is 2.24. The molecule has 114 valence electrons. The molecule has 0 radical (unpaired) electrons. The van der Waals surface area contributed by atoms with Crippen molar-refractivity contribution in [2.45, 2.75) is 46.5 Å². The molecule has 0 saturated heterocycles. The molecule has 0 spiro atoms. The van der Waals surface area contributed by atoms with Gasteiger partial charge in [-0.25, -0.2) is 9.97 Å². The van der Waals surface area contributed by atoms with Crippen molar-refractivity contribution in [3.05, 3.63) is 23.7 Å².